The van der Waals surface area contributed by atoms with Gasteiger partial charge >= 0.3 is 5.97 Å². The number of methoxy groups -OCH3 is 1. The van der Waals surface area contributed by atoms with E-state index in [0.717, 1.165) is 23.3 Å². The molecule has 1 aromatic carbocycles. The molecule has 0 aliphatic heterocycles. The minimum absolute atomic E-state index is 0.209. The van der Waals surface area contributed by atoms with Gasteiger partial charge in [0.15, 0.2) is 0 Å². The predicted molar refractivity (Wildman–Crippen MR) is 102 cm³/mol. The van der Waals surface area contributed by atoms with E-state index in [-0.39, 0.29) is 17.4 Å². The summed E-state index contributed by atoms with van der Waals surface area (Å²) in [5, 5.41) is 5.85. The fraction of sp³-hybridized carbons (Fsp3) is 0.316. The smallest absolute Gasteiger partial charge is 0.341 e. The molecule has 2 amide bonds. The van der Waals surface area contributed by atoms with Crippen molar-refractivity contribution in [1.82, 2.24) is 5.32 Å². The molecule has 1 aromatic heterocycles. The molecule has 0 spiro atoms. The van der Waals surface area contributed by atoms with Crippen LogP contribution >= 0.6 is 11.3 Å². The zero-order valence-corrected chi connectivity index (χ0v) is 16.1. The number of benzene rings is 1. The Kier molecular flexibility index (Phi) is 6.52. The van der Waals surface area contributed by atoms with Crippen LogP contribution in [0.2, 0.25) is 0 Å². The Morgan fingerprint density at radius 3 is 2.42 bits per heavy atom. The number of aryl methyl sites for hydroxylation is 1. The molecule has 0 bridgehead atoms. The van der Waals surface area contributed by atoms with Crippen LogP contribution in [0.1, 0.15) is 54.9 Å². The lowest BCUT2D eigenvalue weighted by Crippen LogP contribution is -2.23. The molecule has 138 valence electrons. The molecular formula is C19H22N2O4S. The quantitative estimate of drug-likeness (QED) is 0.758. The lowest BCUT2D eigenvalue weighted by Gasteiger charge is -2.08. The third-order valence-corrected chi connectivity index (χ3v) is 5.10. The van der Waals surface area contributed by atoms with Crippen molar-refractivity contribution in [2.24, 2.45) is 0 Å². The van der Waals surface area contributed by atoms with Gasteiger partial charge in [-0.3, -0.25) is 9.59 Å². The van der Waals surface area contributed by atoms with E-state index in [9.17, 15) is 14.4 Å². The molecule has 2 aromatic rings. The maximum Gasteiger partial charge on any atom is 0.341 e. The van der Waals surface area contributed by atoms with Gasteiger partial charge in [0.2, 0.25) is 0 Å². The van der Waals surface area contributed by atoms with Crippen molar-refractivity contribution < 1.29 is 19.1 Å². The average molecular weight is 374 g/mol. The molecule has 2 N–H and O–H groups in total. The summed E-state index contributed by atoms with van der Waals surface area (Å²) in [4.78, 5) is 37.5. The van der Waals surface area contributed by atoms with E-state index in [4.69, 9.17) is 4.74 Å². The van der Waals surface area contributed by atoms with E-state index in [0.29, 0.717) is 27.5 Å². The summed E-state index contributed by atoms with van der Waals surface area (Å²) < 4.78 is 4.83. The van der Waals surface area contributed by atoms with Gasteiger partial charge in [-0.05, 0) is 37.5 Å². The first-order valence-corrected chi connectivity index (χ1v) is 9.09. The third kappa shape index (κ3) is 4.11. The molecule has 1 heterocycles. The van der Waals surface area contributed by atoms with Gasteiger partial charge in [0.05, 0.1) is 17.6 Å². The Labute approximate surface area is 156 Å². The fourth-order valence-electron chi connectivity index (χ4n) is 2.48. The van der Waals surface area contributed by atoms with Gasteiger partial charge in [0, 0.05) is 12.1 Å². The zero-order chi connectivity index (χ0) is 19.3. The van der Waals surface area contributed by atoms with Gasteiger partial charge in [0.25, 0.3) is 11.8 Å². The Balaban J connectivity index is 2.40. The molecule has 0 aliphatic rings. The first-order valence-electron chi connectivity index (χ1n) is 8.27. The highest BCUT2D eigenvalue weighted by molar-refractivity contribution is 7.18. The largest absolute Gasteiger partial charge is 0.465 e. The number of esters is 1. The van der Waals surface area contributed by atoms with Crippen LogP contribution in [0, 0.1) is 13.8 Å². The van der Waals surface area contributed by atoms with Crippen molar-refractivity contribution in [3.8, 4) is 0 Å². The molecule has 0 fully saturated rings. The number of amides is 2. The molecule has 0 atom stereocenters. The summed E-state index contributed by atoms with van der Waals surface area (Å²) in [6.07, 6.45) is 0.802. The Morgan fingerprint density at radius 1 is 1.12 bits per heavy atom. The molecular weight excluding hydrogens is 352 g/mol. The SMILES string of the molecule is CCCNC(=O)c1sc(NC(=O)c2ccccc2C)c(C(=O)OC)c1C. The van der Waals surface area contributed by atoms with Crippen LogP contribution in [0.15, 0.2) is 24.3 Å². The Hall–Kier alpha value is -2.67. The number of hydrogen-bond donors (Lipinski definition) is 2. The van der Waals surface area contributed by atoms with E-state index >= 15 is 0 Å². The van der Waals surface area contributed by atoms with E-state index in [1.807, 2.05) is 26.0 Å². The van der Waals surface area contributed by atoms with Crippen molar-refractivity contribution >= 4 is 34.1 Å². The van der Waals surface area contributed by atoms with E-state index in [1.54, 1.807) is 19.1 Å². The molecule has 0 aliphatic carbocycles. The highest BCUT2D eigenvalue weighted by Crippen LogP contribution is 2.34. The number of anilines is 1. The minimum Gasteiger partial charge on any atom is -0.465 e. The summed E-state index contributed by atoms with van der Waals surface area (Å²) in [6, 6.07) is 7.15. The summed E-state index contributed by atoms with van der Waals surface area (Å²) in [5.41, 5.74) is 2.03. The van der Waals surface area contributed by atoms with E-state index < -0.39 is 5.97 Å². The van der Waals surface area contributed by atoms with Gasteiger partial charge in [0.1, 0.15) is 5.00 Å². The van der Waals surface area contributed by atoms with Crippen LogP contribution in [-0.4, -0.2) is 31.4 Å². The number of carbonyl (C=O) groups excluding carboxylic acids is 3. The Bertz CT molecular complexity index is 842. The van der Waals surface area contributed by atoms with Gasteiger partial charge in [-0.15, -0.1) is 11.3 Å². The zero-order valence-electron chi connectivity index (χ0n) is 15.3. The van der Waals surface area contributed by atoms with Crippen LogP contribution in [-0.2, 0) is 4.74 Å². The van der Waals surface area contributed by atoms with Crippen LogP contribution in [0.3, 0.4) is 0 Å². The average Bonchev–Trinajstić information content (AvgIpc) is 2.95. The molecule has 6 nitrogen and oxygen atoms in total. The third-order valence-electron chi connectivity index (χ3n) is 3.89. The van der Waals surface area contributed by atoms with Crippen molar-refractivity contribution in [3.63, 3.8) is 0 Å². The second kappa shape index (κ2) is 8.62. The standard InChI is InChI=1S/C19H22N2O4S/c1-5-10-20-17(23)15-12(3)14(19(24)25-4)18(26-15)21-16(22)13-9-7-6-8-11(13)2/h6-9H,5,10H2,1-4H3,(H,20,23)(H,21,22). The number of nitrogens with one attached hydrogen (secondary N) is 2. The summed E-state index contributed by atoms with van der Waals surface area (Å²) in [7, 11) is 1.27. The molecule has 0 saturated carbocycles. The molecule has 0 unspecified atom stereocenters. The second-order valence-electron chi connectivity index (χ2n) is 5.78. The van der Waals surface area contributed by atoms with Crippen molar-refractivity contribution in [3.05, 3.63) is 51.4 Å². The van der Waals surface area contributed by atoms with Crippen molar-refractivity contribution in [2.75, 3.05) is 19.0 Å². The van der Waals surface area contributed by atoms with E-state index in [2.05, 4.69) is 10.6 Å². The predicted octanol–water partition coefficient (Wildman–Crippen LogP) is 3.54. The highest BCUT2D eigenvalue weighted by atomic mass is 32.1. The van der Waals surface area contributed by atoms with Crippen LogP contribution in [0.25, 0.3) is 0 Å². The highest BCUT2D eigenvalue weighted by Gasteiger charge is 2.26. The fourth-order valence-corrected chi connectivity index (χ4v) is 3.59. The number of ether oxygens (including phenoxy) is 1. The van der Waals surface area contributed by atoms with Crippen molar-refractivity contribution in [1.29, 1.82) is 0 Å². The molecule has 7 heteroatoms. The van der Waals surface area contributed by atoms with E-state index in [1.165, 1.54) is 7.11 Å². The lowest BCUT2D eigenvalue weighted by atomic mass is 10.1. The van der Waals surface area contributed by atoms with Gasteiger partial charge in [-0.1, -0.05) is 25.1 Å². The Morgan fingerprint density at radius 2 is 1.81 bits per heavy atom. The topological polar surface area (TPSA) is 84.5 Å². The van der Waals surface area contributed by atoms with Gasteiger partial charge < -0.3 is 15.4 Å². The van der Waals surface area contributed by atoms with Crippen LogP contribution in [0.5, 0.6) is 0 Å². The minimum atomic E-state index is -0.589. The first kappa shape index (κ1) is 19.7. The normalized spacial score (nSPS) is 10.3. The number of hydrogen-bond acceptors (Lipinski definition) is 5. The molecule has 0 radical (unpaired) electrons. The summed E-state index contributed by atoms with van der Waals surface area (Å²) in [5.74, 6) is -1.20. The lowest BCUT2D eigenvalue weighted by molar-refractivity contribution is 0.0601. The first-order chi connectivity index (χ1) is 12.4. The molecule has 26 heavy (non-hydrogen) atoms. The number of rotatable bonds is 6. The second-order valence-corrected chi connectivity index (χ2v) is 6.80. The van der Waals surface area contributed by atoms with Gasteiger partial charge in [-0.25, -0.2) is 4.79 Å². The number of thiophene rings is 1. The molecule has 0 saturated heterocycles. The maximum atomic E-state index is 12.6. The van der Waals surface area contributed by atoms with Gasteiger partial charge in [-0.2, -0.15) is 0 Å². The van der Waals surface area contributed by atoms with Crippen LogP contribution < -0.4 is 10.6 Å². The number of carbonyl (C=O) groups is 3. The maximum absolute atomic E-state index is 12.6. The van der Waals surface area contributed by atoms with Crippen LogP contribution in [0.4, 0.5) is 5.00 Å². The molecule has 2 rings (SSSR count). The van der Waals surface area contributed by atoms with Crippen molar-refractivity contribution in [2.45, 2.75) is 27.2 Å². The summed E-state index contributed by atoms with van der Waals surface area (Å²) in [6.45, 7) is 6.00. The summed E-state index contributed by atoms with van der Waals surface area (Å²) >= 11 is 1.07. The monoisotopic (exact) mass is 374 g/mol.